The summed E-state index contributed by atoms with van der Waals surface area (Å²) in [5.74, 6) is 0.695. The van der Waals surface area contributed by atoms with Gasteiger partial charge in [-0.1, -0.05) is 80.6 Å². The Hall–Kier alpha value is -1.56. The molecule has 0 amide bonds. The molecule has 1 atom stereocenters. The Kier molecular flexibility index (Phi) is 7.65. The smallest absolute Gasteiger partial charge is 0.0138 e. The van der Waals surface area contributed by atoms with Gasteiger partial charge in [0.25, 0.3) is 0 Å². The highest BCUT2D eigenvalue weighted by Crippen LogP contribution is 2.17. The third-order valence-electron chi connectivity index (χ3n) is 3.09. The molecule has 0 spiro atoms. The first-order chi connectivity index (χ1) is 9.22. The molecule has 0 N–H and O–H groups in total. The monoisotopic (exact) mass is 254 g/mol. The fraction of sp³-hybridized carbons (Fsp3) is 0.368. The van der Waals surface area contributed by atoms with Crippen LogP contribution >= 0.6 is 0 Å². The third-order valence-corrected chi connectivity index (χ3v) is 3.09. The quantitative estimate of drug-likeness (QED) is 0.497. The largest absolute Gasteiger partial charge is 0.0995 e. The van der Waals surface area contributed by atoms with E-state index in [2.05, 4.69) is 69.0 Å². The van der Waals surface area contributed by atoms with Crippen LogP contribution in [0, 0.1) is 5.92 Å². The van der Waals surface area contributed by atoms with Gasteiger partial charge in [-0.3, -0.25) is 0 Å². The molecule has 1 aromatic rings. The van der Waals surface area contributed by atoms with E-state index in [1.807, 2.05) is 6.07 Å². The lowest BCUT2D eigenvalue weighted by molar-refractivity contribution is 0.581. The van der Waals surface area contributed by atoms with Crippen LogP contribution in [0.5, 0.6) is 0 Å². The Balaban J connectivity index is 2.28. The number of hydrogen-bond acceptors (Lipinski definition) is 0. The molecule has 0 aliphatic heterocycles. The third kappa shape index (κ3) is 7.46. The maximum atomic E-state index is 4.18. The second-order valence-corrected chi connectivity index (χ2v) is 5.19. The summed E-state index contributed by atoms with van der Waals surface area (Å²) < 4.78 is 0. The fourth-order valence-corrected chi connectivity index (χ4v) is 2.08. The zero-order valence-corrected chi connectivity index (χ0v) is 12.3. The van der Waals surface area contributed by atoms with E-state index in [9.17, 15) is 0 Å². The molecule has 0 heteroatoms. The van der Waals surface area contributed by atoms with E-state index in [0.717, 1.165) is 25.7 Å². The van der Waals surface area contributed by atoms with Crippen molar-refractivity contribution in [3.8, 4) is 0 Å². The molecule has 0 bridgehead atoms. The van der Waals surface area contributed by atoms with Crippen molar-refractivity contribution in [2.45, 2.75) is 39.5 Å². The summed E-state index contributed by atoms with van der Waals surface area (Å²) in [6.07, 6.45) is 13.3. The van der Waals surface area contributed by atoms with Gasteiger partial charge in [-0.25, -0.2) is 0 Å². The van der Waals surface area contributed by atoms with E-state index in [0.29, 0.717) is 5.92 Å². The second-order valence-electron chi connectivity index (χ2n) is 5.19. The first-order valence-corrected chi connectivity index (χ1v) is 7.25. The lowest BCUT2D eigenvalue weighted by atomic mass is 9.96. The van der Waals surface area contributed by atoms with E-state index in [1.165, 1.54) is 11.1 Å². The minimum Gasteiger partial charge on any atom is -0.0995 e. The van der Waals surface area contributed by atoms with Crippen LogP contribution in [-0.2, 0) is 0 Å². The lowest BCUT2D eigenvalue weighted by Crippen LogP contribution is -1.94. The Bertz CT molecular complexity index is 409. The molecule has 0 radical (unpaired) electrons. The lowest BCUT2D eigenvalue weighted by Gasteiger charge is -2.09. The van der Waals surface area contributed by atoms with Crippen molar-refractivity contribution in [3.05, 3.63) is 66.3 Å². The summed E-state index contributed by atoms with van der Waals surface area (Å²) in [4.78, 5) is 0. The summed E-state index contributed by atoms with van der Waals surface area (Å²) in [5, 5.41) is 0. The predicted octanol–water partition coefficient (Wildman–Crippen LogP) is 6.03. The Labute approximate surface area is 118 Å². The van der Waals surface area contributed by atoms with E-state index in [1.54, 1.807) is 0 Å². The van der Waals surface area contributed by atoms with E-state index in [4.69, 9.17) is 0 Å². The number of rotatable bonds is 8. The molecule has 0 heterocycles. The van der Waals surface area contributed by atoms with Crippen LogP contribution in [-0.4, -0.2) is 0 Å². The van der Waals surface area contributed by atoms with Crippen LogP contribution in [0.4, 0.5) is 0 Å². The van der Waals surface area contributed by atoms with Gasteiger partial charge < -0.3 is 0 Å². The van der Waals surface area contributed by atoms with Crippen molar-refractivity contribution in [2.75, 3.05) is 0 Å². The van der Waals surface area contributed by atoms with Crippen LogP contribution in [0.25, 0.3) is 6.08 Å². The maximum Gasteiger partial charge on any atom is -0.0138 e. The predicted molar refractivity (Wildman–Crippen MR) is 87.1 cm³/mol. The summed E-state index contributed by atoms with van der Waals surface area (Å²) in [6, 6.07) is 10.4. The Morgan fingerprint density at radius 2 is 1.89 bits per heavy atom. The molecule has 1 aromatic carbocycles. The molecule has 19 heavy (non-hydrogen) atoms. The van der Waals surface area contributed by atoms with Crippen molar-refractivity contribution in [3.63, 3.8) is 0 Å². The molecule has 1 rings (SSSR count). The molecule has 0 aliphatic rings. The van der Waals surface area contributed by atoms with Crippen LogP contribution in [0.3, 0.4) is 0 Å². The van der Waals surface area contributed by atoms with Gasteiger partial charge in [-0.05, 0) is 37.2 Å². The van der Waals surface area contributed by atoms with E-state index < -0.39 is 0 Å². The molecular weight excluding hydrogens is 228 g/mol. The summed E-state index contributed by atoms with van der Waals surface area (Å²) >= 11 is 0. The number of hydrogen-bond donors (Lipinski definition) is 0. The van der Waals surface area contributed by atoms with Gasteiger partial charge in [-0.15, -0.1) is 0 Å². The standard InChI is InChI=1S/C19H26/c1-4-5-7-11-17(2)16-18(3)12-10-15-19-13-8-6-9-14-19/h5-10,13-15,17H,3-4,11-12,16H2,1-2H3/b7-5-,15-10-/t17-/m1/s1. The zero-order valence-electron chi connectivity index (χ0n) is 12.3. The van der Waals surface area contributed by atoms with Crippen LogP contribution in [0.15, 0.2) is 60.7 Å². The topological polar surface area (TPSA) is 0 Å². The van der Waals surface area contributed by atoms with Crippen molar-refractivity contribution < 1.29 is 0 Å². The van der Waals surface area contributed by atoms with Gasteiger partial charge in [0.2, 0.25) is 0 Å². The van der Waals surface area contributed by atoms with Crippen molar-refractivity contribution in [2.24, 2.45) is 5.92 Å². The Morgan fingerprint density at radius 1 is 1.16 bits per heavy atom. The zero-order chi connectivity index (χ0) is 13.9. The summed E-state index contributed by atoms with van der Waals surface area (Å²) in [6.45, 7) is 8.65. The number of benzene rings is 1. The molecule has 0 saturated heterocycles. The molecule has 0 saturated carbocycles. The van der Waals surface area contributed by atoms with E-state index in [-0.39, 0.29) is 0 Å². The van der Waals surface area contributed by atoms with Gasteiger partial charge in [0.1, 0.15) is 0 Å². The fourth-order valence-electron chi connectivity index (χ4n) is 2.08. The summed E-state index contributed by atoms with van der Waals surface area (Å²) in [5.41, 5.74) is 2.58. The highest BCUT2D eigenvalue weighted by Gasteiger charge is 2.01. The van der Waals surface area contributed by atoms with Gasteiger partial charge in [0.15, 0.2) is 0 Å². The van der Waals surface area contributed by atoms with Gasteiger partial charge in [0, 0.05) is 0 Å². The molecular formula is C19H26. The molecule has 0 aliphatic carbocycles. The summed E-state index contributed by atoms with van der Waals surface area (Å²) in [7, 11) is 0. The maximum absolute atomic E-state index is 4.18. The molecule has 0 nitrogen and oxygen atoms in total. The SMILES string of the molecule is C=C(C/C=C\c1ccccc1)C[C@H](C)C/C=C\CC. The van der Waals surface area contributed by atoms with Crippen LogP contribution in [0.2, 0.25) is 0 Å². The van der Waals surface area contributed by atoms with Crippen molar-refractivity contribution >= 4 is 6.08 Å². The molecule has 0 unspecified atom stereocenters. The highest BCUT2D eigenvalue weighted by molar-refractivity contribution is 5.49. The normalized spacial score (nSPS) is 13.2. The molecule has 0 fully saturated rings. The van der Waals surface area contributed by atoms with Gasteiger partial charge in [-0.2, -0.15) is 0 Å². The minimum absolute atomic E-state index is 0.695. The first-order valence-electron chi connectivity index (χ1n) is 7.25. The van der Waals surface area contributed by atoms with E-state index >= 15 is 0 Å². The van der Waals surface area contributed by atoms with Crippen molar-refractivity contribution in [1.82, 2.24) is 0 Å². The van der Waals surface area contributed by atoms with Crippen LogP contribution < -0.4 is 0 Å². The van der Waals surface area contributed by atoms with Crippen molar-refractivity contribution in [1.29, 1.82) is 0 Å². The van der Waals surface area contributed by atoms with Gasteiger partial charge in [0.05, 0.1) is 0 Å². The average molecular weight is 254 g/mol. The number of allylic oxidation sites excluding steroid dienone is 4. The molecule has 102 valence electrons. The first kappa shape index (κ1) is 15.5. The molecule has 0 aromatic heterocycles. The second kappa shape index (κ2) is 9.38. The minimum atomic E-state index is 0.695. The average Bonchev–Trinajstić information content (AvgIpc) is 2.40. The Morgan fingerprint density at radius 3 is 2.58 bits per heavy atom. The van der Waals surface area contributed by atoms with Gasteiger partial charge >= 0.3 is 0 Å². The van der Waals surface area contributed by atoms with Crippen LogP contribution in [0.1, 0.15) is 45.1 Å². The highest BCUT2D eigenvalue weighted by atomic mass is 14.1.